The van der Waals surface area contributed by atoms with Gasteiger partial charge in [0.15, 0.2) is 11.6 Å². The Morgan fingerprint density at radius 2 is 2.56 bits per heavy atom. The first-order valence-corrected chi connectivity index (χ1v) is 5.49. The molecule has 1 aromatic heterocycles. The van der Waals surface area contributed by atoms with Gasteiger partial charge in [0.25, 0.3) is 0 Å². The second kappa shape index (κ2) is 5.43. The van der Waals surface area contributed by atoms with Gasteiger partial charge in [-0.05, 0) is 6.07 Å². The summed E-state index contributed by atoms with van der Waals surface area (Å²) in [7, 11) is 0. The van der Waals surface area contributed by atoms with E-state index >= 15 is 0 Å². The van der Waals surface area contributed by atoms with Gasteiger partial charge in [-0.25, -0.2) is 9.37 Å². The van der Waals surface area contributed by atoms with Crippen molar-refractivity contribution < 1.29 is 9.13 Å². The van der Waals surface area contributed by atoms with Crippen molar-refractivity contribution in [2.45, 2.75) is 6.04 Å². The van der Waals surface area contributed by atoms with Crippen LogP contribution in [0.4, 0.5) is 10.2 Å². The van der Waals surface area contributed by atoms with E-state index in [-0.39, 0.29) is 11.9 Å². The van der Waals surface area contributed by atoms with Crippen molar-refractivity contribution in [2.75, 3.05) is 31.6 Å². The number of aromatic nitrogens is 1. The van der Waals surface area contributed by atoms with Crippen LogP contribution in [0, 0.1) is 5.82 Å². The molecule has 1 unspecified atom stereocenters. The molecule has 0 aliphatic carbocycles. The largest absolute Gasteiger partial charge is 0.378 e. The molecule has 2 rings (SSSR count). The summed E-state index contributed by atoms with van der Waals surface area (Å²) >= 11 is 5.60. The number of pyridine rings is 1. The highest BCUT2D eigenvalue weighted by molar-refractivity contribution is 6.30. The Bertz CT molecular complexity index is 358. The molecular weight excluding hydrogens is 233 g/mol. The highest BCUT2D eigenvalue weighted by atomic mass is 35.5. The summed E-state index contributed by atoms with van der Waals surface area (Å²) in [6.45, 7) is 2.75. The molecule has 1 fully saturated rings. The van der Waals surface area contributed by atoms with Crippen molar-refractivity contribution in [1.82, 2.24) is 10.3 Å². The van der Waals surface area contributed by atoms with Crippen LogP contribution in [-0.2, 0) is 4.74 Å². The molecule has 1 atom stereocenters. The van der Waals surface area contributed by atoms with Crippen molar-refractivity contribution in [3.8, 4) is 0 Å². The fourth-order valence-electron chi connectivity index (χ4n) is 1.52. The van der Waals surface area contributed by atoms with Gasteiger partial charge in [0.05, 0.1) is 18.2 Å². The minimum Gasteiger partial charge on any atom is -0.378 e. The number of morpholine rings is 1. The van der Waals surface area contributed by atoms with E-state index < -0.39 is 5.82 Å². The van der Waals surface area contributed by atoms with Crippen LogP contribution in [0.5, 0.6) is 0 Å². The van der Waals surface area contributed by atoms with Gasteiger partial charge in [0.2, 0.25) is 0 Å². The molecule has 4 nitrogen and oxygen atoms in total. The number of anilines is 1. The first-order chi connectivity index (χ1) is 7.75. The first-order valence-electron chi connectivity index (χ1n) is 5.12. The molecule has 1 saturated heterocycles. The minimum atomic E-state index is -0.441. The van der Waals surface area contributed by atoms with Gasteiger partial charge >= 0.3 is 0 Å². The Hall–Kier alpha value is -0.910. The maximum atomic E-state index is 13.3. The molecule has 1 aromatic rings. The van der Waals surface area contributed by atoms with E-state index in [0.29, 0.717) is 18.2 Å². The normalized spacial score (nSPS) is 20.8. The minimum absolute atomic E-state index is 0.186. The van der Waals surface area contributed by atoms with Gasteiger partial charge in [-0.15, -0.1) is 0 Å². The predicted octanol–water partition coefficient (Wildman–Crippen LogP) is 1.27. The summed E-state index contributed by atoms with van der Waals surface area (Å²) in [5.74, 6) is -0.221. The van der Waals surface area contributed by atoms with E-state index in [2.05, 4.69) is 15.6 Å². The Kier molecular flexibility index (Phi) is 3.93. The van der Waals surface area contributed by atoms with Crippen LogP contribution in [0.25, 0.3) is 0 Å². The van der Waals surface area contributed by atoms with E-state index in [1.165, 1.54) is 12.3 Å². The fourth-order valence-corrected chi connectivity index (χ4v) is 1.66. The number of ether oxygens (including phenoxy) is 1. The lowest BCUT2D eigenvalue weighted by atomic mass is 10.3. The zero-order chi connectivity index (χ0) is 11.4. The smallest absolute Gasteiger partial charge is 0.166 e. The van der Waals surface area contributed by atoms with Gasteiger partial charge in [-0.3, -0.25) is 0 Å². The summed E-state index contributed by atoms with van der Waals surface area (Å²) < 4.78 is 18.6. The molecule has 1 aliphatic heterocycles. The van der Waals surface area contributed by atoms with Crippen LogP contribution in [-0.4, -0.2) is 37.3 Å². The maximum Gasteiger partial charge on any atom is 0.166 e. The molecule has 1 aliphatic rings. The summed E-state index contributed by atoms with van der Waals surface area (Å²) in [4.78, 5) is 3.88. The summed E-state index contributed by atoms with van der Waals surface area (Å²) in [5, 5.41) is 6.47. The Labute approximate surface area is 98.2 Å². The van der Waals surface area contributed by atoms with Crippen molar-refractivity contribution in [3.05, 3.63) is 23.1 Å². The van der Waals surface area contributed by atoms with Crippen molar-refractivity contribution >= 4 is 17.4 Å². The van der Waals surface area contributed by atoms with Crippen LogP contribution < -0.4 is 10.6 Å². The van der Waals surface area contributed by atoms with Gasteiger partial charge in [-0.1, -0.05) is 11.6 Å². The lowest BCUT2D eigenvalue weighted by Gasteiger charge is -2.24. The third kappa shape index (κ3) is 3.04. The van der Waals surface area contributed by atoms with Crippen LogP contribution >= 0.6 is 11.6 Å². The molecule has 0 saturated carbocycles. The second-order valence-corrected chi connectivity index (χ2v) is 4.03. The highest BCUT2D eigenvalue weighted by Gasteiger charge is 2.13. The molecule has 0 bridgehead atoms. The average molecular weight is 246 g/mol. The summed E-state index contributed by atoms with van der Waals surface area (Å²) in [6.07, 6.45) is 1.41. The monoisotopic (exact) mass is 245 g/mol. The molecule has 0 spiro atoms. The number of hydrogen-bond donors (Lipinski definition) is 2. The number of nitrogens with one attached hydrogen (secondary N) is 2. The van der Waals surface area contributed by atoms with Crippen molar-refractivity contribution in [2.24, 2.45) is 0 Å². The number of nitrogens with zero attached hydrogens (tertiary/aromatic N) is 1. The fraction of sp³-hybridized carbons (Fsp3) is 0.500. The number of halogens is 2. The summed E-state index contributed by atoms with van der Waals surface area (Å²) in [5.41, 5.74) is 0. The zero-order valence-electron chi connectivity index (χ0n) is 8.67. The molecule has 2 heterocycles. The van der Waals surface area contributed by atoms with E-state index in [0.717, 1.165) is 13.2 Å². The van der Waals surface area contributed by atoms with Crippen LogP contribution in [0.3, 0.4) is 0 Å². The maximum absolute atomic E-state index is 13.3. The van der Waals surface area contributed by atoms with Crippen LogP contribution in [0.2, 0.25) is 5.02 Å². The van der Waals surface area contributed by atoms with Crippen molar-refractivity contribution in [3.63, 3.8) is 0 Å². The van der Waals surface area contributed by atoms with Crippen molar-refractivity contribution in [1.29, 1.82) is 0 Å². The lowest BCUT2D eigenvalue weighted by Crippen LogP contribution is -2.45. The van der Waals surface area contributed by atoms with Gasteiger partial charge in [0.1, 0.15) is 0 Å². The molecule has 88 valence electrons. The third-order valence-electron chi connectivity index (χ3n) is 2.32. The first kappa shape index (κ1) is 11.6. The SMILES string of the molecule is Fc1cc(Cl)cnc1NCC1COCCN1. The molecule has 16 heavy (non-hydrogen) atoms. The lowest BCUT2D eigenvalue weighted by molar-refractivity contribution is 0.0806. The zero-order valence-corrected chi connectivity index (χ0v) is 9.43. The number of hydrogen-bond acceptors (Lipinski definition) is 4. The van der Waals surface area contributed by atoms with Crippen LogP contribution in [0.1, 0.15) is 0 Å². The molecule has 0 amide bonds. The highest BCUT2D eigenvalue weighted by Crippen LogP contribution is 2.15. The van der Waals surface area contributed by atoms with Gasteiger partial charge in [0, 0.05) is 25.3 Å². The van der Waals surface area contributed by atoms with Gasteiger partial charge in [-0.2, -0.15) is 0 Å². The molecule has 2 N–H and O–H groups in total. The van der Waals surface area contributed by atoms with E-state index in [9.17, 15) is 4.39 Å². The Morgan fingerprint density at radius 1 is 1.69 bits per heavy atom. The topological polar surface area (TPSA) is 46.2 Å². The number of rotatable bonds is 3. The quantitative estimate of drug-likeness (QED) is 0.842. The van der Waals surface area contributed by atoms with Crippen LogP contribution in [0.15, 0.2) is 12.3 Å². The standard InChI is InChI=1S/C10H13ClFN3O/c11-7-3-9(12)10(14-4-7)15-5-8-6-16-2-1-13-8/h3-4,8,13H,1-2,5-6H2,(H,14,15). The molecular formula is C10H13ClFN3O. The van der Waals surface area contributed by atoms with E-state index in [1.807, 2.05) is 0 Å². The Morgan fingerprint density at radius 3 is 3.25 bits per heavy atom. The molecule has 6 heteroatoms. The molecule has 0 aromatic carbocycles. The molecule has 0 radical (unpaired) electrons. The summed E-state index contributed by atoms with van der Waals surface area (Å²) in [6, 6.07) is 1.42. The Balaban J connectivity index is 1.88. The van der Waals surface area contributed by atoms with Gasteiger partial charge < -0.3 is 15.4 Å². The van der Waals surface area contributed by atoms with E-state index in [4.69, 9.17) is 16.3 Å². The average Bonchev–Trinajstić information content (AvgIpc) is 2.29. The second-order valence-electron chi connectivity index (χ2n) is 3.59. The predicted molar refractivity (Wildman–Crippen MR) is 60.3 cm³/mol. The van der Waals surface area contributed by atoms with E-state index in [1.54, 1.807) is 0 Å². The third-order valence-corrected chi connectivity index (χ3v) is 2.53.